The Morgan fingerprint density at radius 1 is 1.44 bits per heavy atom. The first-order chi connectivity index (χ1) is 7.63. The van der Waals surface area contributed by atoms with Crippen molar-refractivity contribution in [2.24, 2.45) is 5.92 Å². The third-order valence-corrected chi connectivity index (χ3v) is 2.76. The molecule has 0 aliphatic heterocycles. The van der Waals surface area contributed by atoms with Crippen molar-refractivity contribution in [1.82, 2.24) is 5.32 Å². The van der Waals surface area contributed by atoms with E-state index >= 15 is 0 Å². The van der Waals surface area contributed by atoms with Gasteiger partial charge in [-0.15, -0.1) is 0 Å². The van der Waals surface area contributed by atoms with E-state index in [1.807, 2.05) is 6.07 Å². The summed E-state index contributed by atoms with van der Waals surface area (Å²) in [6.07, 6.45) is 0.809. The number of hydrogen-bond acceptors (Lipinski definition) is 3. The van der Waals surface area contributed by atoms with E-state index in [2.05, 4.69) is 12.2 Å². The largest absolute Gasteiger partial charge is 0.506 e. The average Bonchev–Trinajstić information content (AvgIpc) is 2.24. The molecule has 4 heteroatoms. The van der Waals surface area contributed by atoms with Crippen LogP contribution in [0, 0.1) is 5.92 Å². The van der Waals surface area contributed by atoms with Crippen molar-refractivity contribution >= 4 is 11.6 Å². The minimum absolute atomic E-state index is 0.110. The predicted molar refractivity (Wildman–Crippen MR) is 65.7 cm³/mol. The molecule has 0 saturated heterocycles. The fraction of sp³-hybridized carbons (Fsp3) is 0.500. The number of benzene rings is 1. The number of aromatic hydroxyl groups is 1. The zero-order valence-electron chi connectivity index (χ0n) is 9.41. The quantitative estimate of drug-likeness (QED) is 0.718. The molecule has 0 aliphatic carbocycles. The molecule has 1 aromatic rings. The van der Waals surface area contributed by atoms with Crippen LogP contribution in [-0.4, -0.2) is 23.4 Å². The number of nitrogens with one attached hydrogen (secondary N) is 1. The summed E-state index contributed by atoms with van der Waals surface area (Å²) in [6, 6.07) is 5.18. The van der Waals surface area contributed by atoms with Crippen LogP contribution in [0.3, 0.4) is 0 Å². The normalized spacial score (nSPS) is 12.7. The van der Waals surface area contributed by atoms with Crippen LogP contribution in [0.1, 0.15) is 18.9 Å². The molecule has 0 amide bonds. The van der Waals surface area contributed by atoms with Gasteiger partial charge in [-0.05, 0) is 36.6 Å². The molecule has 3 N–H and O–H groups in total. The van der Waals surface area contributed by atoms with Crippen LogP contribution in [0.4, 0.5) is 0 Å². The molecular formula is C12H18ClNO2. The molecule has 90 valence electrons. The molecule has 0 fully saturated rings. The molecule has 0 spiro atoms. The van der Waals surface area contributed by atoms with Crippen molar-refractivity contribution in [3.8, 4) is 5.75 Å². The van der Waals surface area contributed by atoms with Gasteiger partial charge in [0.2, 0.25) is 0 Å². The van der Waals surface area contributed by atoms with Gasteiger partial charge in [-0.2, -0.15) is 0 Å². The Morgan fingerprint density at radius 3 is 2.81 bits per heavy atom. The molecule has 1 rings (SSSR count). The molecule has 0 heterocycles. The first kappa shape index (κ1) is 13.3. The van der Waals surface area contributed by atoms with Gasteiger partial charge in [0.15, 0.2) is 0 Å². The van der Waals surface area contributed by atoms with E-state index in [9.17, 15) is 5.11 Å². The summed E-state index contributed by atoms with van der Waals surface area (Å²) >= 11 is 5.79. The Balaban J connectivity index is 2.34. The maximum absolute atomic E-state index is 9.25. The summed E-state index contributed by atoms with van der Waals surface area (Å²) in [4.78, 5) is 0. The fourth-order valence-electron chi connectivity index (χ4n) is 1.45. The lowest BCUT2D eigenvalue weighted by atomic mass is 10.1. The second kappa shape index (κ2) is 6.74. The van der Waals surface area contributed by atoms with Crippen LogP contribution in [0.5, 0.6) is 5.75 Å². The maximum Gasteiger partial charge on any atom is 0.134 e. The molecule has 0 aromatic heterocycles. The van der Waals surface area contributed by atoms with E-state index in [1.54, 1.807) is 12.1 Å². The molecule has 3 nitrogen and oxygen atoms in total. The minimum Gasteiger partial charge on any atom is -0.506 e. The number of phenolic OH excluding ortho intramolecular Hbond substituents is 1. The lowest BCUT2D eigenvalue weighted by Crippen LogP contribution is -2.21. The molecule has 1 aromatic carbocycles. The lowest BCUT2D eigenvalue weighted by Gasteiger charge is -2.11. The Hall–Kier alpha value is -0.770. The van der Waals surface area contributed by atoms with Gasteiger partial charge in [0.25, 0.3) is 0 Å². The highest BCUT2D eigenvalue weighted by Gasteiger charge is 2.02. The average molecular weight is 244 g/mol. The number of hydrogen-bond donors (Lipinski definition) is 3. The summed E-state index contributed by atoms with van der Waals surface area (Å²) in [7, 11) is 0. The second-order valence-electron chi connectivity index (χ2n) is 4.03. The molecule has 0 aliphatic rings. The molecular weight excluding hydrogens is 226 g/mol. The Kier molecular flexibility index (Phi) is 5.60. The van der Waals surface area contributed by atoms with Crippen LogP contribution in [0.2, 0.25) is 5.02 Å². The predicted octanol–water partition coefficient (Wildman–Crippen LogP) is 2.15. The van der Waals surface area contributed by atoms with E-state index in [0.29, 0.717) is 10.9 Å². The van der Waals surface area contributed by atoms with Crippen molar-refractivity contribution in [3.63, 3.8) is 0 Å². The van der Waals surface area contributed by atoms with Gasteiger partial charge in [0.05, 0.1) is 5.02 Å². The fourth-order valence-corrected chi connectivity index (χ4v) is 1.65. The summed E-state index contributed by atoms with van der Waals surface area (Å²) in [5.41, 5.74) is 1.04. The van der Waals surface area contributed by atoms with Crippen molar-refractivity contribution in [2.75, 3.05) is 13.2 Å². The van der Waals surface area contributed by atoms with Crippen molar-refractivity contribution in [1.29, 1.82) is 0 Å². The van der Waals surface area contributed by atoms with Gasteiger partial charge < -0.3 is 15.5 Å². The number of phenols is 1. The summed E-state index contributed by atoms with van der Waals surface area (Å²) in [5.74, 6) is 0.566. The van der Waals surface area contributed by atoms with Gasteiger partial charge in [-0.1, -0.05) is 24.6 Å². The van der Waals surface area contributed by atoms with Crippen molar-refractivity contribution in [2.45, 2.75) is 19.9 Å². The van der Waals surface area contributed by atoms with Crippen LogP contribution < -0.4 is 5.32 Å². The summed E-state index contributed by atoms with van der Waals surface area (Å²) < 4.78 is 0. The highest BCUT2D eigenvalue weighted by molar-refractivity contribution is 6.32. The number of aliphatic hydroxyl groups excluding tert-OH is 1. The molecule has 1 unspecified atom stereocenters. The molecule has 16 heavy (non-hydrogen) atoms. The lowest BCUT2D eigenvalue weighted by molar-refractivity contribution is 0.260. The first-order valence-corrected chi connectivity index (χ1v) is 5.80. The third-order valence-electron chi connectivity index (χ3n) is 2.46. The smallest absolute Gasteiger partial charge is 0.134 e. The van der Waals surface area contributed by atoms with Crippen LogP contribution >= 0.6 is 11.6 Å². The zero-order chi connectivity index (χ0) is 12.0. The van der Waals surface area contributed by atoms with Gasteiger partial charge in [-0.25, -0.2) is 0 Å². The number of rotatable bonds is 6. The summed E-state index contributed by atoms with van der Waals surface area (Å²) in [5, 5.41) is 21.7. The van der Waals surface area contributed by atoms with Crippen LogP contribution in [-0.2, 0) is 6.54 Å². The van der Waals surface area contributed by atoms with Gasteiger partial charge >= 0.3 is 0 Å². The van der Waals surface area contributed by atoms with Crippen molar-refractivity contribution < 1.29 is 10.2 Å². The van der Waals surface area contributed by atoms with Crippen molar-refractivity contribution in [3.05, 3.63) is 28.8 Å². The van der Waals surface area contributed by atoms with E-state index < -0.39 is 0 Å². The molecule has 0 bridgehead atoms. The monoisotopic (exact) mass is 243 g/mol. The van der Waals surface area contributed by atoms with Gasteiger partial charge in [-0.3, -0.25) is 0 Å². The van der Waals surface area contributed by atoms with Gasteiger partial charge in [0.1, 0.15) is 5.75 Å². The maximum atomic E-state index is 9.25. The Bertz CT molecular complexity index is 331. The Labute approximate surface area is 101 Å². The SMILES string of the molecule is CC(CCO)CNCc1ccc(O)c(Cl)c1. The van der Waals surface area contributed by atoms with Crippen LogP contribution in [0.15, 0.2) is 18.2 Å². The van der Waals surface area contributed by atoms with E-state index in [0.717, 1.165) is 25.1 Å². The number of halogens is 1. The van der Waals surface area contributed by atoms with E-state index in [1.165, 1.54) is 0 Å². The minimum atomic E-state index is 0.110. The topological polar surface area (TPSA) is 52.5 Å². The molecule has 1 atom stereocenters. The van der Waals surface area contributed by atoms with Crippen LogP contribution in [0.25, 0.3) is 0 Å². The standard InChI is InChI=1S/C12H18ClNO2/c1-9(4-5-15)7-14-8-10-2-3-12(16)11(13)6-10/h2-3,6,9,14-16H,4-5,7-8H2,1H3. The van der Waals surface area contributed by atoms with E-state index in [-0.39, 0.29) is 12.4 Å². The third kappa shape index (κ3) is 4.39. The highest BCUT2D eigenvalue weighted by atomic mass is 35.5. The Morgan fingerprint density at radius 2 is 2.19 bits per heavy atom. The molecule has 0 radical (unpaired) electrons. The van der Waals surface area contributed by atoms with E-state index in [4.69, 9.17) is 16.7 Å². The second-order valence-corrected chi connectivity index (χ2v) is 4.44. The number of aliphatic hydroxyl groups is 1. The summed E-state index contributed by atoms with van der Waals surface area (Å²) in [6.45, 7) is 3.90. The molecule has 0 saturated carbocycles. The first-order valence-electron chi connectivity index (χ1n) is 5.42. The highest BCUT2D eigenvalue weighted by Crippen LogP contribution is 2.23. The zero-order valence-corrected chi connectivity index (χ0v) is 10.2. The van der Waals surface area contributed by atoms with Gasteiger partial charge in [0, 0.05) is 13.2 Å².